The fourth-order valence-electron chi connectivity index (χ4n) is 3.74. The molecule has 0 aliphatic carbocycles. The van der Waals surface area contributed by atoms with E-state index in [1.165, 1.54) is 5.56 Å². The van der Waals surface area contributed by atoms with Crippen LogP contribution in [0.25, 0.3) is 0 Å². The predicted molar refractivity (Wildman–Crippen MR) is 92.7 cm³/mol. The molecule has 5 nitrogen and oxygen atoms in total. The van der Waals surface area contributed by atoms with E-state index in [4.69, 9.17) is 0 Å². The van der Waals surface area contributed by atoms with Crippen LogP contribution in [0.1, 0.15) is 38.2 Å². The van der Waals surface area contributed by atoms with Crippen LogP contribution in [-0.4, -0.2) is 47.6 Å². The van der Waals surface area contributed by atoms with E-state index in [1.54, 1.807) is 4.90 Å². The topological polar surface area (TPSA) is 60.9 Å². The number of amides is 2. The van der Waals surface area contributed by atoms with Crippen LogP contribution in [0.5, 0.6) is 0 Å². The minimum absolute atomic E-state index is 0.106. The molecule has 3 rings (SSSR count). The van der Waals surface area contributed by atoms with Crippen molar-refractivity contribution in [2.24, 2.45) is 5.92 Å². The number of anilines is 1. The summed E-state index contributed by atoms with van der Waals surface area (Å²) in [6, 6.07) is 7.94. The number of likely N-dealkylation sites (tertiary alicyclic amines) is 1. The van der Waals surface area contributed by atoms with Gasteiger partial charge in [0.1, 0.15) is 0 Å². The quantitative estimate of drug-likeness (QED) is 0.918. The highest BCUT2D eigenvalue weighted by atomic mass is 16.3. The number of carbonyl (C=O) groups excluding carboxylic acids is 2. The van der Waals surface area contributed by atoms with Crippen molar-refractivity contribution < 1.29 is 14.7 Å². The lowest BCUT2D eigenvalue weighted by Gasteiger charge is -2.34. The standard InChI is InChI=1S/C19H26N2O3/c1-14(22)15-8-11-20(12-9-15)18(23)10-13-21-17-5-3-2-4-16(17)6-7-19(21)24/h2-5,14-15,22H,6-13H2,1H3. The number of nitrogens with zero attached hydrogens (tertiary/aromatic N) is 2. The molecule has 0 radical (unpaired) electrons. The van der Waals surface area contributed by atoms with Crippen LogP contribution in [0.15, 0.2) is 24.3 Å². The van der Waals surface area contributed by atoms with Crippen molar-refractivity contribution in [3.63, 3.8) is 0 Å². The second kappa shape index (κ2) is 7.34. The molecule has 1 aromatic carbocycles. The molecule has 1 aromatic rings. The summed E-state index contributed by atoms with van der Waals surface area (Å²) in [5.74, 6) is 0.508. The van der Waals surface area contributed by atoms with Crippen molar-refractivity contribution in [1.29, 1.82) is 0 Å². The third-order valence-electron chi connectivity index (χ3n) is 5.32. The Labute approximate surface area is 143 Å². The van der Waals surface area contributed by atoms with Crippen LogP contribution < -0.4 is 4.90 Å². The Kier molecular flexibility index (Phi) is 5.19. The van der Waals surface area contributed by atoms with E-state index in [0.717, 1.165) is 24.9 Å². The Balaban J connectivity index is 1.56. The van der Waals surface area contributed by atoms with Crippen LogP contribution >= 0.6 is 0 Å². The first-order chi connectivity index (χ1) is 11.6. The Morgan fingerprint density at radius 2 is 1.96 bits per heavy atom. The number of carbonyl (C=O) groups is 2. The van der Waals surface area contributed by atoms with E-state index in [2.05, 4.69) is 6.07 Å². The Hall–Kier alpha value is -1.88. The molecule has 0 spiro atoms. The van der Waals surface area contributed by atoms with Gasteiger partial charge in [-0.05, 0) is 43.7 Å². The van der Waals surface area contributed by atoms with Crippen molar-refractivity contribution in [3.8, 4) is 0 Å². The first-order valence-corrected chi connectivity index (χ1v) is 8.90. The van der Waals surface area contributed by atoms with Gasteiger partial charge in [0.15, 0.2) is 0 Å². The molecule has 1 atom stereocenters. The summed E-state index contributed by atoms with van der Waals surface area (Å²) in [6.45, 7) is 3.68. The smallest absolute Gasteiger partial charge is 0.227 e. The molecule has 2 amide bonds. The molecular weight excluding hydrogens is 304 g/mol. The highest BCUT2D eigenvalue weighted by Gasteiger charge is 2.27. The van der Waals surface area contributed by atoms with Gasteiger partial charge in [-0.25, -0.2) is 0 Å². The van der Waals surface area contributed by atoms with E-state index in [9.17, 15) is 14.7 Å². The third-order valence-corrected chi connectivity index (χ3v) is 5.32. The molecule has 1 fully saturated rings. The Bertz CT molecular complexity index is 606. The van der Waals surface area contributed by atoms with E-state index >= 15 is 0 Å². The van der Waals surface area contributed by atoms with E-state index in [0.29, 0.717) is 38.4 Å². The molecule has 0 saturated carbocycles. The monoisotopic (exact) mass is 330 g/mol. The van der Waals surface area contributed by atoms with Crippen LogP contribution in [0.4, 0.5) is 5.69 Å². The molecular formula is C19H26N2O3. The van der Waals surface area contributed by atoms with Crippen LogP contribution in [0, 0.1) is 5.92 Å². The molecule has 1 unspecified atom stereocenters. The number of aryl methyl sites for hydroxylation is 1. The van der Waals surface area contributed by atoms with Gasteiger partial charge in [0.05, 0.1) is 6.10 Å². The van der Waals surface area contributed by atoms with Gasteiger partial charge in [0.2, 0.25) is 11.8 Å². The van der Waals surface area contributed by atoms with Gasteiger partial charge in [-0.1, -0.05) is 18.2 Å². The lowest BCUT2D eigenvalue weighted by Crippen LogP contribution is -2.43. The number of hydrogen-bond donors (Lipinski definition) is 1. The number of aliphatic hydroxyl groups excluding tert-OH is 1. The number of rotatable bonds is 4. The fourth-order valence-corrected chi connectivity index (χ4v) is 3.74. The SMILES string of the molecule is CC(O)C1CCN(C(=O)CCN2C(=O)CCc3ccccc32)CC1. The van der Waals surface area contributed by atoms with Crippen molar-refractivity contribution in [2.45, 2.75) is 45.1 Å². The third kappa shape index (κ3) is 3.61. The lowest BCUT2D eigenvalue weighted by molar-refractivity contribution is -0.133. The number of aliphatic hydroxyl groups is 1. The molecule has 0 bridgehead atoms. The molecule has 5 heteroatoms. The molecule has 2 heterocycles. The van der Waals surface area contributed by atoms with Gasteiger partial charge in [0, 0.05) is 38.2 Å². The zero-order chi connectivity index (χ0) is 17.1. The summed E-state index contributed by atoms with van der Waals surface area (Å²) in [5, 5.41) is 9.65. The zero-order valence-corrected chi connectivity index (χ0v) is 14.3. The maximum atomic E-state index is 12.5. The van der Waals surface area contributed by atoms with Crippen LogP contribution in [0.2, 0.25) is 0 Å². The van der Waals surface area contributed by atoms with Gasteiger partial charge < -0.3 is 14.9 Å². The van der Waals surface area contributed by atoms with Crippen molar-refractivity contribution in [1.82, 2.24) is 4.90 Å². The molecule has 24 heavy (non-hydrogen) atoms. The summed E-state index contributed by atoms with van der Waals surface area (Å²) in [5.41, 5.74) is 2.14. The summed E-state index contributed by atoms with van der Waals surface area (Å²) in [4.78, 5) is 28.3. The molecule has 1 N–H and O–H groups in total. The normalized spacial score (nSPS) is 20.0. The number of piperidine rings is 1. The van der Waals surface area contributed by atoms with Gasteiger partial charge in [-0.3, -0.25) is 9.59 Å². The second-order valence-corrected chi connectivity index (χ2v) is 6.88. The van der Waals surface area contributed by atoms with Crippen molar-refractivity contribution in [2.75, 3.05) is 24.5 Å². The predicted octanol–water partition coefficient (Wildman–Crippen LogP) is 1.98. The number of benzene rings is 1. The van der Waals surface area contributed by atoms with Crippen LogP contribution in [0.3, 0.4) is 0 Å². The fraction of sp³-hybridized carbons (Fsp3) is 0.579. The first kappa shape index (κ1) is 17.0. The number of fused-ring (bicyclic) bond motifs is 1. The number of hydrogen-bond acceptors (Lipinski definition) is 3. The second-order valence-electron chi connectivity index (χ2n) is 6.88. The van der Waals surface area contributed by atoms with Crippen molar-refractivity contribution in [3.05, 3.63) is 29.8 Å². The van der Waals surface area contributed by atoms with Gasteiger partial charge in [-0.2, -0.15) is 0 Å². The van der Waals surface area contributed by atoms with Crippen LogP contribution in [-0.2, 0) is 16.0 Å². The Morgan fingerprint density at radius 3 is 2.67 bits per heavy atom. The van der Waals surface area contributed by atoms with Crippen molar-refractivity contribution >= 4 is 17.5 Å². The maximum Gasteiger partial charge on any atom is 0.227 e. The molecule has 2 aliphatic heterocycles. The first-order valence-electron chi connectivity index (χ1n) is 8.90. The van der Waals surface area contributed by atoms with Gasteiger partial charge in [-0.15, -0.1) is 0 Å². The van der Waals surface area contributed by atoms with E-state index in [1.807, 2.05) is 30.0 Å². The summed E-state index contributed by atoms with van der Waals surface area (Å²) in [6.07, 6.45) is 3.07. The lowest BCUT2D eigenvalue weighted by atomic mass is 9.92. The Morgan fingerprint density at radius 1 is 1.25 bits per heavy atom. The molecule has 1 saturated heterocycles. The van der Waals surface area contributed by atoms with Gasteiger partial charge >= 0.3 is 0 Å². The largest absolute Gasteiger partial charge is 0.393 e. The molecule has 0 aromatic heterocycles. The summed E-state index contributed by atoms with van der Waals surface area (Å²) < 4.78 is 0. The number of para-hydroxylation sites is 1. The van der Waals surface area contributed by atoms with Gasteiger partial charge in [0.25, 0.3) is 0 Å². The minimum atomic E-state index is -0.301. The summed E-state index contributed by atoms with van der Waals surface area (Å²) >= 11 is 0. The highest BCUT2D eigenvalue weighted by molar-refractivity contribution is 5.97. The average Bonchev–Trinajstić information content (AvgIpc) is 2.60. The molecule has 2 aliphatic rings. The minimum Gasteiger partial charge on any atom is -0.393 e. The molecule has 130 valence electrons. The maximum absolute atomic E-state index is 12.5. The van der Waals surface area contributed by atoms with E-state index < -0.39 is 0 Å². The van der Waals surface area contributed by atoms with E-state index in [-0.39, 0.29) is 17.9 Å². The highest BCUT2D eigenvalue weighted by Crippen LogP contribution is 2.28. The average molecular weight is 330 g/mol. The summed E-state index contributed by atoms with van der Waals surface area (Å²) in [7, 11) is 0. The zero-order valence-electron chi connectivity index (χ0n) is 14.3.